The summed E-state index contributed by atoms with van der Waals surface area (Å²) in [5, 5.41) is 0. The van der Waals surface area contributed by atoms with Crippen molar-refractivity contribution in [2.45, 2.75) is 12.8 Å². The van der Waals surface area contributed by atoms with Gasteiger partial charge in [-0.2, -0.15) is 0 Å². The third kappa shape index (κ3) is 3.39. The lowest BCUT2D eigenvalue weighted by molar-refractivity contribution is -0.168. The largest absolute Gasteiger partial charge is 0.497 e. The first-order chi connectivity index (χ1) is 15.5. The van der Waals surface area contributed by atoms with Crippen LogP contribution >= 0.6 is 0 Å². The minimum absolute atomic E-state index is 0.128. The molecule has 0 atom stereocenters. The Balaban J connectivity index is 1.88. The van der Waals surface area contributed by atoms with Crippen LogP contribution < -0.4 is 9.47 Å². The summed E-state index contributed by atoms with van der Waals surface area (Å²) in [4.78, 5) is 25.6. The number of methoxy groups -OCH3 is 4. The Hall–Kier alpha value is -3.74. The minimum atomic E-state index is -1.45. The van der Waals surface area contributed by atoms with E-state index in [-0.39, 0.29) is 12.8 Å². The van der Waals surface area contributed by atoms with Crippen molar-refractivity contribution < 1.29 is 33.0 Å². The second-order valence-corrected chi connectivity index (χ2v) is 7.59. The van der Waals surface area contributed by atoms with Crippen LogP contribution in [-0.2, 0) is 31.9 Å². The summed E-state index contributed by atoms with van der Waals surface area (Å²) in [5.74, 6) is 1.38. The summed E-state index contributed by atoms with van der Waals surface area (Å²) in [7, 11) is 5.75. The molecule has 166 valence electrons. The van der Waals surface area contributed by atoms with Crippen LogP contribution in [0, 0.1) is 5.41 Å². The normalized spacial score (nSPS) is 13.9. The number of fused-ring (bicyclic) bond motifs is 1. The molecule has 7 nitrogen and oxygen atoms in total. The second kappa shape index (κ2) is 8.42. The fraction of sp³-hybridized carbons (Fsp3) is 0.280. The Bertz CT molecular complexity index is 1050. The predicted molar refractivity (Wildman–Crippen MR) is 117 cm³/mol. The van der Waals surface area contributed by atoms with Gasteiger partial charge in [0.05, 0.1) is 28.4 Å². The molecule has 7 heteroatoms. The summed E-state index contributed by atoms with van der Waals surface area (Å²) in [5.41, 5.74) is 1.75. The number of esters is 2. The Morgan fingerprint density at radius 2 is 1.06 bits per heavy atom. The van der Waals surface area contributed by atoms with Crippen molar-refractivity contribution in [1.82, 2.24) is 0 Å². The number of hydrogen-bond acceptors (Lipinski definition) is 7. The van der Waals surface area contributed by atoms with Crippen molar-refractivity contribution in [3.05, 3.63) is 59.7 Å². The van der Waals surface area contributed by atoms with Crippen LogP contribution in [0.3, 0.4) is 0 Å². The first-order valence-corrected chi connectivity index (χ1v) is 10.1. The van der Waals surface area contributed by atoms with Gasteiger partial charge in [-0.05, 0) is 48.5 Å². The summed E-state index contributed by atoms with van der Waals surface area (Å²) >= 11 is 0. The molecule has 3 aromatic rings. The molecule has 0 bridgehead atoms. The molecule has 0 amide bonds. The molecule has 1 aliphatic rings. The fourth-order valence-electron chi connectivity index (χ4n) is 4.25. The van der Waals surface area contributed by atoms with Crippen LogP contribution in [0.15, 0.2) is 52.9 Å². The smallest absolute Gasteiger partial charge is 0.323 e. The van der Waals surface area contributed by atoms with Gasteiger partial charge >= 0.3 is 11.9 Å². The van der Waals surface area contributed by atoms with Crippen LogP contribution in [-0.4, -0.2) is 40.4 Å². The van der Waals surface area contributed by atoms with E-state index in [0.717, 1.165) is 22.3 Å². The van der Waals surface area contributed by atoms with E-state index < -0.39 is 17.4 Å². The van der Waals surface area contributed by atoms with Gasteiger partial charge in [-0.1, -0.05) is 0 Å². The maximum Gasteiger partial charge on any atom is 0.323 e. The Kier molecular flexibility index (Phi) is 5.65. The number of furan rings is 1. The molecule has 0 fully saturated rings. The van der Waals surface area contributed by atoms with Crippen LogP contribution in [0.5, 0.6) is 11.5 Å². The van der Waals surface area contributed by atoms with E-state index in [1.807, 2.05) is 48.5 Å². The highest BCUT2D eigenvalue weighted by molar-refractivity contribution is 6.02. The summed E-state index contributed by atoms with van der Waals surface area (Å²) in [6.45, 7) is 0. The molecule has 32 heavy (non-hydrogen) atoms. The van der Waals surface area contributed by atoms with Gasteiger partial charge in [0.1, 0.15) is 23.0 Å². The molecule has 1 aromatic heterocycles. The maximum absolute atomic E-state index is 12.8. The molecule has 0 radical (unpaired) electrons. The number of hydrogen-bond donors (Lipinski definition) is 0. The van der Waals surface area contributed by atoms with Gasteiger partial charge < -0.3 is 23.4 Å². The standard InChI is InChI=1S/C25H24O7/c1-28-17-9-5-15(6-10-17)21-19-13-25(23(26)30-3,24(27)31-4)14-20(19)22(32-21)16-7-11-18(29-2)12-8-16/h5-12H,13-14H2,1-4H3. The molecule has 0 unspecified atom stereocenters. The van der Waals surface area contributed by atoms with Gasteiger partial charge in [-0.15, -0.1) is 0 Å². The van der Waals surface area contributed by atoms with Gasteiger partial charge in [-0.3, -0.25) is 9.59 Å². The fourth-order valence-corrected chi connectivity index (χ4v) is 4.25. The lowest BCUT2D eigenvalue weighted by atomic mass is 9.84. The van der Waals surface area contributed by atoms with Gasteiger partial charge in [0.15, 0.2) is 5.41 Å². The van der Waals surface area contributed by atoms with Crippen LogP contribution in [0.2, 0.25) is 0 Å². The zero-order valence-electron chi connectivity index (χ0n) is 18.4. The van der Waals surface area contributed by atoms with Crippen LogP contribution in [0.1, 0.15) is 11.1 Å². The number of carbonyl (C=O) groups is 2. The topological polar surface area (TPSA) is 84.2 Å². The molecule has 0 saturated carbocycles. The SMILES string of the molecule is COC(=O)C1(C(=O)OC)Cc2c(-c3ccc(OC)cc3)oc(-c3ccc(OC)cc3)c2C1. The summed E-state index contributed by atoms with van der Waals surface area (Å²) < 4.78 is 26.9. The van der Waals surface area contributed by atoms with Crippen molar-refractivity contribution in [2.75, 3.05) is 28.4 Å². The van der Waals surface area contributed by atoms with Crippen molar-refractivity contribution in [3.8, 4) is 34.1 Å². The van der Waals surface area contributed by atoms with Crippen molar-refractivity contribution >= 4 is 11.9 Å². The van der Waals surface area contributed by atoms with Gasteiger partial charge in [0.25, 0.3) is 0 Å². The Labute approximate surface area is 185 Å². The molecule has 0 aliphatic heterocycles. The highest BCUT2D eigenvalue weighted by Crippen LogP contribution is 2.49. The molecule has 1 aliphatic carbocycles. The Morgan fingerprint density at radius 3 is 1.38 bits per heavy atom. The number of ether oxygens (including phenoxy) is 4. The third-order valence-corrected chi connectivity index (χ3v) is 5.93. The first kappa shape index (κ1) is 21.5. The molecular formula is C25H24O7. The molecule has 0 N–H and O–H groups in total. The van der Waals surface area contributed by atoms with E-state index in [4.69, 9.17) is 23.4 Å². The van der Waals surface area contributed by atoms with Gasteiger partial charge in [0.2, 0.25) is 0 Å². The minimum Gasteiger partial charge on any atom is -0.497 e. The van der Waals surface area contributed by atoms with E-state index in [0.29, 0.717) is 23.0 Å². The van der Waals surface area contributed by atoms with E-state index in [1.165, 1.54) is 14.2 Å². The van der Waals surface area contributed by atoms with E-state index in [1.54, 1.807) is 14.2 Å². The average Bonchev–Trinajstić information content (AvgIpc) is 3.40. The van der Waals surface area contributed by atoms with Crippen molar-refractivity contribution in [1.29, 1.82) is 0 Å². The molecule has 2 aromatic carbocycles. The third-order valence-electron chi connectivity index (χ3n) is 5.93. The number of carbonyl (C=O) groups excluding carboxylic acids is 2. The van der Waals surface area contributed by atoms with E-state index in [2.05, 4.69) is 0 Å². The van der Waals surface area contributed by atoms with Crippen LogP contribution in [0.25, 0.3) is 22.6 Å². The average molecular weight is 436 g/mol. The molecule has 0 spiro atoms. The van der Waals surface area contributed by atoms with Crippen molar-refractivity contribution in [3.63, 3.8) is 0 Å². The van der Waals surface area contributed by atoms with Crippen LogP contribution in [0.4, 0.5) is 0 Å². The number of rotatable bonds is 6. The van der Waals surface area contributed by atoms with E-state index >= 15 is 0 Å². The quantitative estimate of drug-likeness (QED) is 0.426. The lowest BCUT2D eigenvalue weighted by Crippen LogP contribution is -2.42. The highest BCUT2D eigenvalue weighted by atomic mass is 16.5. The van der Waals surface area contributed by atoms with Gasteiger partial charge in [0, 0.05) is 35.1 Å². The first-order valence-electron chi connectivity index (χ1n) is 10.1. The second-order valence-electron chi connectivity index (χ2n) is 7.59. The van der Waals surface area contributed by atoms with E-state index in [9.17, 15) is 9.59 Å². The zero-order valence-corrected chi connectivity index (χ0v) is 18.4. The van der Waals surface area contributed by atoms with Crippen molar-refractivity contribution in [2.24, 2.45) is 5.41 Å². The monoisotopic (exact) mass is 436 g/mol. The zero-order chi connectivity index (χ0) is 22.9. The summed E-state index contributed by atoms with van der Waals surface area (Å²) in [6.07, 6.45) is 0.255. The molecule has 4 rings (SSSR count). The molecular weight excluding hydrogens is 412 g/mol. The molecule has 1 heterocycles. The lowest BCUT2D eigenvalue weighted by Gasteiger charge is -2.23. The predicted octanol–water partition coefficient (Wildman–Crippen LogP) is 4.06. The van der Waals surface area contributed by atoms with Gasteiger partial charge in [-0.25, -0.2) is 0 Å². The summed E-state index contributed by atoms with van der Waals surface area (Å²) in [6, 6.07) is 14.9. The Morgan fingerprint density at radius 1 is 0.688 bits per heavy atom. The number of benzene rings is 2. The maximum atomic E-state index is 12.8. The highest BCUT2D eigenvalue weighted by Gasteiger charge is 2.55. The molecule has 0 saturated heterocycles.